The summed E-state index contributed by atoms with van der Waals surface area (Å²) in [6.07, 6.45) is -2.84. The van der Waals surface area contributed by atoms with Crippen LogP contribution >= 0.6 is 0 Å². The second-order valence-electron chi connectivity index (χ2n) is 13.6. The summed E-state index contributed by atoms with van der Waals surface area (Å²) >= 11 is 0. The highest BCUT2D eigenvalue weighted by atomic mass is 28.4. The lowest BCUT2D eigenvalue weighted by Crippen LogP contribution is -2.69. The maximum absolute atomic E-state index is 11.6. The first-order valence-electron chi connectivity index (χ1n) is 15.5. The second-order valence-corrected chi connectivity index (χ2v) is 17.9. The molecule has 0 aromatic heterocycles. The van der Waals surface area contributed by atoms with Gasteiger partial charge >= 0.3 is 0 Å². The molecule has 5 atom stereocenters. The van der Waals surface area contributed by atoms with E-state index >= 15 is 0 Å². The number of hydrogen-bond acceptors (Lipinski definition) is 6. The van der Waals surface area contributed by atoms with Crippen molar-refractivity contribution >= 4 is 29.5 Å². The van der Waals surface area contributed by atoms with Crippen LogP contribution in [-0.4, -0.2) is 56.0 Å². The fourth-order valence-electron chi connectivity index (χ4n) is 6.92. The zero-order chi connectivity index (χ0) is 31.2. The highest BCUT2D eigenvalue weighted by molar-refractivity contribution is 6.99. The predicted octanol–water partition coefficient (Wildman–Crippen LogP) is 5.93. The van der Waals surface area contributed by atoms with Gasteiger partial charge in [0.15, 0.2) is 12.1 Å². The van der Waals surface area contributed by atoms with E-state index in [1.165, 1.54) is 5.39 Å². The van der Waals surface area contributed by atoms with Gasteiger partial charge in [-0.25, -0.2) is 0 Å². The van der Waals surface area contributed by atoms with Gasteiger partial charge in [-0.05, 0) is 58.6 Å². The number of ether oxygens (including phenoxy) is 4. The first-order chi connectivity index (χ1) is 21.0. The highest BCUT2D eigenvalue weighted by Gasteiger charge is 2.65. The van der Waals surface area contributed by atoms with Crippen LogP contribution in [0.5, 0.6) is 0 Å². The molecule has 6 rings (SSSR count). The summed E-state index contributed by atoms with van der Waals surface area (Å²) in [6.45, 7) is 12.6. The van der Waals surface area contributed by atoms with Gasteiger partial charge in [-0.1, -0.05) is 118 Å². The molecule has 232 valence electrons. The molecule has 0 aliphatic carbocycles. The lowest BCUT2D eigenvalue weighted by atomic mass is 9.90. The first-order valence-corrected chi connectivity index (χ1v) is 17.4. The molecule has 2 saturated heterocycles. The van der Waals surface area contributed by atoms with Crippen LogP contribution in [0, 0.1) is 0 Å². The van der Waals surface area contributed by atoms with E-state index in [0.29, 0.717) is 6.61 Å². The lowest BCUT2D eigenvalue weighted by molar-refractivity contribution is -0.268. The highest BCUT2D eigenvalue weighted by Crippen LogP contribution is 2.47. The van der Waals surface area contributed by atoms with Gasteiger partial charge < -0.3 is 28.5 Å². The van der Waals surface area contributed by atoms with Gasteiger partial charge in [0.25, 0.3) is 8.32 Å². The fraction of sp³-hybridized carbons (Fsp3) is 0.405. The molecular weight excluding hydrogens is 568 g/mol. The van der Waals surface area contributed by atoms with Crippen molar-refractivity contribution in [3.8, 4) is 0 Å². The Morgan fingerprint density at radius 2 is 1.39 bits per heavy atom. The summed E-state index contributed by atoms with van der Waals surface area (Å²) in [5.41, 5.74) is -0.215. The van der Waals surface area contributed by atoms with Crippen molar-refractivity contribution in [3.63, 3.8) is 0 Å². The van der Waals surface area contributed by atoms with E-state index in [9.17, 15) is 5.11 Å². The summed E-state index contributed by atoms with van der Waals surface area (Å²) in [6, 6.07) is 35.6. The Hall–Kier alpha value is -2.88. The Bertz CT molecular complexity index is 1530. The molecule has 0 spiro atoms. The molecular formula is C37H44O6Si. The van der Waals surface area contributed by atoms with E-state index in [1.807, 2.05) is 38.1 Å². The van der Waals surface area contributed by atoms with Crippen LogP contribution in [0.25, 0.3) is 10.8 Å². The number of aliphatic hydroxyl groups excluding tert-OH is 1. The van der Waals surface area contributed by atoms with E-state index in [0.717, 1.165) is 21.3 Å². The van der Waals surface area contributed by atoms with Gasteiger partial charge in [0.1, 0.15) is 17.8 Å². The normalized spacial score (nSPS) is 25.7. The summed E-state index contributed by atoms with van der Waals surface area (Å²) in [4.78, 5) is 0. The zero-order valence-corrected chi connectivity index (χ0v) is 27.5. The molecule has 2 heterocycles. The van der Waals surface area contributed by atoms with Crippen molar-refractivity contribution in [3.05, 3.63) is 109 Å². The number of hydrogen-bond donors (Lipinski definition) is 1. The third-order valence-electron chi connectivity index (χ3n) is 9.09. The SMILES string of the molecule is C[C@@H](O)[C@]1(CO[Si](c2ccccc2)(c2ccccc2)C(C)(C)C)O[C@@H]2OC(C)(C)O[C@@H]2[C@@H]1OCc1ccc2ccccc2c1. The number of benzene rings is 4. The van der Waals surface area contributed by atoms with Crippen molar-refractivity contribution < 1.29 is 28.5 Å². The summed E-state index contributed by atoms with van der Waals surface area (Å²) in [5.74, 6) is -0.844. The fourth-order valence-corrected chi connectivity index (χ4v) is 11.5. The quantitative estimate of drug-likeness (QED) is 0.237. The van der Waals surface area contributed by atoms with Gasteiger partial charge in [-0.15, -0.1) is 0 Å². The molecule has 0 amide bonds. The maximum atomic E-state index is 11.6. The third kappa shape index (κ3) is 5.56. The van der Waals surface area contributed by atoms with Gasteiger partial charge in [0.05, 0.1) is 19.3 Å². The summed E-state index contributed by atoms with van der Waals surface area (Å²) in [5, 5.41) is 15.9. The zero-order valence-electron chi connectivity index (χ0n) is 26.5. The minimum atomic E-state index is -2.95. The van der Waals surface area contributed by atoms with E-state index in [-0.39, 0.29) is 11.6 Å². The van der Waals surface area contributed by atoms with Gasteiger partial charge in [0, 0.05) is 0 Å². The second kappa shape index (κ2) is 11.8. The van der Waals surface area contributed by atoms with Crippen molar-refractivity contribution in [1.29, 1.82) is 0 Å². The Balaban J connectivity index is 1.38. The number of aliphatic hydroxyl groups is 1. The lowest BCUT2D eigenvalue weighted by Gasteiger charge is -2.46. The molecule has 1 N–H and O–H groups in total. The Morgan fingerprint density at radius 3 is 1.98 bits per heavy atom. The Kier molecular flexibility index (Phi) is 8.35. The Morgan fingerprint density at radius 1 is 0.795 bits per heavy atom. The minimum Gasteiger partial charge on any atom is -0.404 e. The van der Waals surface area contributed by atoms with Gasteiger partial charge in [0.2, 0.25) is 0 Å². The van der Waals surface area contributed by atoms with Crippen molar-refractivity contribution in [2.45, 2.75) is 89.2 Å². The van der Waals surface area contributed by atoms with Crippen molar-refractivity contribution in [1.82, 2.24) is 0 Å². The molecule has 2 fully saturated rings. The molecule has 0 bridgehead atoms. The molecule has 0 saturated carbocycles. The summed E-state index contributed by atoms with van der Waals surface area (Å²) < 4.78 is 33.4. The van der Waals surface area contributed by atoms with Crippen LogP contribution in [0.2, 0.25) is 5.04 Å². The molecule has 4 aromatic rings. The molecule has 2 aliphatic heterocycles. The van der Waals surface area contributed by atoms with E-state index < -0.39 is 44.3 Å². The topological polar surface area (TPSA) is 66.4 Å². The Labute approximate surface area is 262 Å². The van der Waals surface area contributed by atoms with Crippen LogP contribution in [-0.2, 0) is 30.0 Å². The molecule has 4 aromatic carbocycles. The van der Waals surface area contributed by atoms with Crippen LogP contribution in [0.4, 0.5) is 0 Å². The van der Waals surface area contributed by atoms with Crippen molar-refractivity contribution in [2.24, 2.45) is 0 Å². The van der Waals surface area contributed by atoms with Crippen LogP contribution in [0.15, 0.2) is 103 Å². The van der Waals surface area contributed by atoms with Gasteiger partial charge in [-0.2, -0.15) is 0 Å². The van der Waals surface area contributed by atoms with Gasteiger partial charge in [-0.3, -0.25) is 0 Å². The van der Waals surface area contributed by atoms with Crippen molar-refractivity contribution in [2.75, 3.05) is 6.61 Å². The molecule has 6 nitrogen and oxygen atoms in total. The van der Waals surface area contributed by atoms with E-state index in [1.54, 1.807) is 6.92 Å². The standard InChI is InChI=1S/C37H44O6Si/c1-26(38)37(25-40-44(35(2,3)4,30-17-9-7-10-18-30)31-19-11-8-12-20-31)33(32-34(43-37)42-36(5,6)41-32)39-24-27-21-22-28-15-13-14-16-29(28)23-27/h7-23,26,32-34,38H,24-25H2,1-6H3/t26-,32-,33+,34+,37+/m1/s1. The summed E-state index contributed by atoms with van der Waals surface area (Å²) in [7, 11) is -2.95. The monoisotopic (exact) mass is 612 g/mol. The molecule has 0 radical (unpaired) electrons. The average molecular weight is 613 g/mol. The molecule has 0 unspecified atom stereocenters. The smallest absolute Gasteiger partial charge is 0.261 e. The third-order valence-corrected chi connectivity index (χ3v) is 14.1. The largest absolute Gasteiger partial charge is 0.404 e. The van der Waals surface area contributed by atoms with Crippen LogP contribution in [0.1, 0.15) is 47.1 Å². The number of rotatable bonds is 9. The predicted molar refractivity (Wildman–Crippen MR) is 175 cm³/mol. The average Bonchev–Trinajstić information content (AvgIpc) is 3.45. The van der Waals surface area contributed by atoms with Crippen LogP contribution < -0.4 is 10.4 Å². The first kappa shape index (κ1) is 31.1. The van der Waals surface area contributed by atoms with Crippen LogP contribution in [0.3, 0.4) is 0 Å². The molecule has 7 heteroatoms. The number of fused-ring (bicyclic) bond motifs is 2. The van der Waals surface area contributed by atoms with E-state index in [2.05, 4.69) is 99.6 Å². The molecule has 44 heavy (non-hydrogen) atoms. The minimum absolute atomic E-state index is 0.0977. The maximum Gasteiger partial charge on any atom is 0.261 e. The van der Waals surface area contributed by atoms with E-state index in [4.69, 9.17) is 23.4 Å². The molecule has 2 aliphatic rings.